The molecule has 30 heavy (non-hydrogen) atoms. The van der Waals surface area contributed by atoms with E-state index in [1.54, 1.807) is 7.11 Å². The monoisotopic (exact) mass is 416 g/mol. The van der Waals surface area contributed by atoms with Crippen LogP contribution >= 0.6 is 0 Å². The van der Waals surface area contributed by atoms with Crippen LogP contribution in [0.2, 0.25) is 0 Å². The number of amides is 1. The number of nitrogens with one attached hydrogen (secondary N) is 2. The van der Waals surface area contributed by atoms with Crippen LogP contribution in [0.25, 0.3) is 0 Å². The number of benzene rings is 2. The van der Waals surface area contributed by atoms with E-state index in [0.29, 0.717) is 37.7 Å². The molecule has 166 valence electrons. The minimum absolute atomic E-state index is 0.407. The van der Waals surface area contributed by atoms with Crippen molar-refractivity contribution in [1.29, 1.82) is 0 Å². The molecule has 2 rings (SSSR count). The number of hydrogen-bond donors (Lipinski definition) is 2. The topological polar surface area (TPSA) is 68.8 Å². The molecule has 0 spiro atoms. The third kappa shape index (κ3) is 10.2. The van der Waals surface area contributed by atoms with Gasteiger partial charge in [-0.15, -0.1) is 0 Å². The molecular weight excluding hydrogens is 380 g/mol. The van der Waals surface area contributed by atoms with Gasteiger partial charge in [0.05, 0.1) is 7.11 Å². The van der Waals surface area contributed by atoms with Crippen molar-refractivity contribution in [3.05, 3.63) is 59.7 Å². The quantitative estimate of drug-likeness (QED) is 0.568. The molecule has 0 aliphatic rings. The molecule has 2 aromatic carbocycles. The highest BCUT2D eigenvalue weighted by molar-refractivity contribution is 5.67. The number of ether oxygens (including phenoxy) is 3. The molecule has 0 radical (unpaired) electrons. The summed E-state index contributed by atoms with van der Waals surface area (Å²) in [6, 6.07) is 15.9. The van der Waals surface area contributed by atoms with Crippen LogP contribution in [0.15, 0.2) is 48.5 Å². The zero-order chi connectivity index (χ0) is 22.4. The average Bonchev–Trinajstić information content (AvgIpc) is 2.73. The Balaban J connectivity index is 0.00000218. The zero-order valence-electron chi connectivity index (χ0n) is 19.1. The van der Waals surface area contributed by atoms with E-state index >= 15 is 0 Å². The van der Waals surface area contributed by atoms with Gasteiger partial charge in [-0.25, -0.2) is 4.79 Å². The third-order valence-corrected chi connectivity index (χ3v) is 3.76. The summed E-state index contributed by atoms with van der Waals surface area (Å²) in [5.74, 6) is 1.41. The second-order valence-electron chi connectivity index (χ2n) is 7.36. The van der Waals surface area contributed by atoms with E-state index in [2.05, 4.69) is 10.6 Å². The molecule has 0 heterocycles. The summed E-state index contributed by atoms with van der Waals surface area (Å²) in [4.78, 5) is 11.6. The van der Waals surface area contributed by atoms with E-state index in [9.17, 15) is 4.79 Å². The van der Waals surface area contributed by atoms with Gasteiger partial charge in [0.15, 0.2) is 11.5 Å². The van der Waals surface area contributed by atoms with Gasteiger partial charge in [0.1, 0.15) is 12.2 Å². The van der Waals surface area contributed by atoms with Crippen molar-refractivity contribution in [3.8, 4) is 11.5 Å². The molecule has 0 fully saturated rings. The fraction of sp³-hybridized carbons (Fsp3) is 0.458. The molecule has 0 atom stereocenters. The van der Waals surface area contributed by atoms with Gasteiger partial charge in [-0.1, -0.05) is 50.2 Å². The summed E-state index contributed by atoms with van der Waals surface area (Å²) in [5, 5.41) is 6.00. The number of carbonyl (C=O) groups excluding carboxylic acids is 1. The van der Waals surface area contributed by atoms with E-state index in [4.69, 9.17) is 14.2 Å². The number of alkyl carbamates (subject to hydrolysis) is 1. The second kappa shape index (κ2) is 13.5. The lowest BCUT2D eigenvalue weighted by Crippen LogP contribution is -2.36. The smallest absolute Gasteiger partial charge is 0.407 e. The number of carbonyl (C=O) groups is 1. The standard InChI is InChI=1S/C22H30N2O4.C2H6/c1-22(2,3)28-21(25)24-13-12-23-15-18-10-11-19(20(14-18)26-4)27-16-17-8-6-5-7-9-17;1-2/h5-11,14,23H,12-13,15-16H2,1-4H3,(H,24,25);1-2H3. The molecule has 0 bridgehead atoms. The van der Waals surface area contributed by atoms with Gasteiger partial charge < -0.3 is 24.8 Å². The molecule has 0 unspecified atom stereocenters. The fourth-order valence-electron chi connectivity index (χ4n) is 2.48. The predicted octanol–water partition coefficient (Wildman–Crippen LogP) is 4.91. The maximum absolute atomic E-state index is 11.6. The lowest BCUT2D eigenvalue weighted by atomic mass is 10.2. The highest BCUT2D eigenvalue weighted by atomic mass is 16.6. The van der Waals surface area contributed by atoms with Crippen molar-refractivity contribution in [2.45, 2.75) is 53.4 Å². The molecule has 6 nitrogen and oxygen atoms in total. The van der Waals surface area contributed by atoms with Gasteiger partial charge in [-0.3, -0.25) is 0 Å². The molecule has 1 amide bonds. The molecule has 0 aliphatic heterocycles. The van der Waals surface area contributed by atoms with Crippen LogP contribution in [0.3, 0.4) is 0 Å². The summed E-state index contributed by atoms with van der Waals surface area (Å²) in [5.41, 5.74) is 1.69. The predicted molar refractivity (Wildman–Crippen MR) is 121 cm³/mol. The molecule has 0 saturated heterocycles. The molecular formula is C24H36N2O4. The minimum atomic E-state index is -0.488. The largest absolute Gasteiger partial charge is 0.493 e. The van der Waals surface area contributed by atoms with Gasteiger partial charge in [0.25, 0.3) is 0 Å². The number of hydrogen-bond acceptors (Lipinski definition) is 5. The van der Waals surface area contributed by atoms with E-state index in [1.807, 2.05) is 83.1 Å². The Kier molecular flexibility index (Phi) is 11.4. The zero-order valence-corrected chi connectivity index (χ0v) is 19.1. The van der Waals surface area contributed by atoms with Crippen molar-refractivity contribution >= 4 is 6.09 Å². The van der Waals surface area contributed by atoms with Crippen molar-refractivity contribution in [1.82, 2.24) is 10.6 Å². The van der Waals surface area contributed by atoms with Gasteiger partial charge in [-0.2, -0.15) is 0 Å². The van der Waals surface area contributed by atoms with E-state index < -0.39 is 11.7 Å². The van der Waals surface area contributed by atoms with Crippen LogP contribution in [-0.2, 0) is 17.9 Å². The molecule has 0 aliphatic carbocycles. The van der Waals surface area contributed by atoms with Crippen molar-refractivity contribution < 1.29 is 19.0 Å². The Morgan fingerprint density at radius 1 is 0.933 bits per heavy atom. The van der Waals surface area contributed by atoms with E-state index in [0.717, 1.165) is 11.1 Å². The maximum Gasteiger partial charge on any atom is 0.407 e. The maximum atomic E-state index is 11.6. The van der Waals surface area contributed by atoms with Crippen LogP contribution in [0.5, 0.6) is 11.5 Å². The molecule has 2 aromatic rings. The second-order valence-corrected chi connectivity index (χ2v) is 7.36. The first-order valence-corrected chi connectivity index (χ1v) is 10.4. The van der Waals surface area contributed by atoms with Crippen LogP contribution in [0, 0.1) is 0 Å². The summed E-state index contributed by atoms with van der Waals surface area (Å²) in [6.45, 7) is 11.8. The lowest BCUT2D eigenvalue weighted by Gasteiger charge is -2.19. The van der Waals surface area contributed by atoms with Crippen LogP contribution in [-0.4, -0.2) is 31.9 Å². The number of rotatable bonds is 9. The Morgan fingerprint density at radius 3 is 2.27 bits per heavy atom. The van der Waals surface area contributed by atoms with Gasteiger partial charge in [-0.05, 0) is 44.0 Å². The first kappa shape index (κ1) is 25.3. The normalized spacial score (nSPS) is 10.5. The number of methoxy groups -OCH3 is 1. The van der Waals surface area contributed by atoms with Gasteiger partial charge in [0, 0.05) is 19.6 Å². The van der Waals surface area contributed by atoms with Crippen molar-refractivity contribution in [2.75, 3.05) is 20.2 Å². The summed E-state index contributed by atoms with van der Waals surface area (Å²) >= 11 is 0. The summed E-state index contributed by atoms with van der Waals surface area (Å²) in [7, 11) is 1.63. The van der Waals surface area contributed by atoms with E-state index in [-0.39, 0.29) is 0 Å². The Bertz CT molecular complexity index is 743. The highest BCUT2D eigenvalue weighted by Gasteiger charge is 2.15. The van der Waals surface area contributed by atoms with Crippen LogP contribution in [0.4, 0.5) is 4.79 Å². The first-order chi connectivity index (χ1) is 14.4. The first-order valence-electron chi connectivity index (χ1n) is 10.4. The summed E-state index contributed by atoms with van der Waals surface area (Å²) < 4.78 is 16.5. The van der Waals surface area contributed by atoms with Crippen LogP contribution < -0.4 is 20.1 Å². The fourth-order valence-corrected chi connectivity index (χ4v) is 2.48. The van der Waals surface area contributed by atoms with Gasteiger partial charge in [0.2, 0.25) is 0 Å². The van der Waals surface area contributed by atoms with Crippen molar-refractivity contribution in [2.24, 2.45) is 0 Å². The summed E-state index contributed by atoms with van der Waals surface area (Å²) in [6.07, 6.45) is -0.407. The van der Waals surface area contributed by atoms with Gasteiger partial charge >= 0.3 is 6.09 Å². The Hall–Kier alpha value is -2.73. The molecule has 0 saturated carbocycles. The SMILES string of the molecule is CC.COc1cc(CNCCNC(=O)OC(C)(C)C)ccc1OCc1ccccc1. The Morgan fingerprint density at radius 2 is 1.63 bits per heavy atom. The minimum Gasteiger partial charge on any atom is -0.493 e. The van der Waals surface area contributed by atoms with E-state index in [1.165, 1.54) is 0 Å². The Labute approximate surface area is 180 Å². The molecule has 0 aromatic heterocycles. The van der Waals surface area contributed by atoms with Crippen LogP contribution in [0.1, 0.15) is 45.7 Å². The average molecular weight is 417 g/mol. The molecule has 2 N–H and O–H groups in total. The highest BCUT2D eigenvalue weighted by Crippen LogP contribution is 2.28. The lowest BCUT2D eigenvalue weighted by molar-refractivity contribution is 0.0528. The molecule has 6 heteroatoms. The third-order valence-electron chi connectivity index (χ3n) is 3.76. The van der Waals surface area contributed by atoms with Crippen molar-refractivity contribution in [3.63, 3.8) is 0 Å².